The van der Waals surface area contributed by atoms with Crippen LogP contribution in [0.1, 0.15) is 60.5 Å². The van der Waals surface area contributed by atoms with E-state index in [4.69, 9.17) is 0 Å². The van der Waals surface area contributed by atoms with Crippen LogP contribution in [0.3, 0.4) is 0 Å². The van der Waals surface area contributed by atoms with Crippen molar-refractivity contribution in [3.05, 3.63) is 64.2 Å². The Balaban J connectivity index is 1.87. The molecule has 1 N–H and O–H groups in total. The molecule has 1 amide bonds. The number of rotatable bonds is 7. The van der Waals surface area contributed by atoms with E-state index in [1.54, 1.807) is 0 Å². The van der Waals surface area contributed by atoms with Gasteiger partial charge < -0.3 is 5.32 Å². The van der Waals surface area contributed by atoms with E-state index < -0.39 is 16.1 Å². The molecule has 2 aromatic rings. The van der Waals surface area contributed by atoms with E-state index in [1.165, 1.54) is 21.9 Å². The summed E-state index contributed by atoms with van der Waals surface area (Å²) < 4.78 is 26.6. The van der Waals surface area contributed by atoms with Gasteiger partial charge in [-0.2, -0.15) is 0 Å². The van der Waals surface area contributed by atoms with Crippen molar-refractivity contribution >= 4 is 21.6 Å². The Morgan fingerprint density at radius 3 is 2.30 bits per heavy atom. The molecule has 1 aliphatic carbocycles. The number of sulfonamides is 1. The van der Waals surface area contributed by atoms with E-state index in [0.717, 1.165) is 35.8 Å². The van der Waals surface area contributed by atoms with Gasteiger partial charge in [0.1, 0.15) is 6.04 Å². The first-order valence-electron chi connectivity index (χ1n) is 10.6. The van der Waals surface area contributed by atoms with E-state index in [0.29, 0.717) is 12.1 Å². The average Bonchev–Trinajstić information content (AvgIpc) is 3.11. The first-order chi connectivity index (χ1) is 14.1. The highest BCUT2D eigenvalue weighted by atomic mass is 32.2. The Morgan fingerprint density at radius 1 is 1.07 bits per heavy atom. The van der Waals surface area contributed by atoms with Crippen LogP contribution >= 0.6 is 0 Å². The number of benzene rings is 2. The normalized spacial score (nSPS) is 15.4. The Hall–Kier alpha value is -2.34. The highest BCUT2D eigenvalue weighted by molar-refractivity contribution is 7.92. The largest absolute Gasteiger partial charge is 0.348 e. The maximum atomic E-state index is 13.2. The zero-order valence-corrected chi connectivity index (χ0v) is 19.3. The van der Waals surface area contributed by atoms with Gasteiger partial charge >= 0.3 is 0 Å². The Bertz CT molecular complexity index is 1030. The first-order valence-corrected chi connectivity index (χ1v) is 12.4. The third-order valence-corrected chi connectivity index (χ3v) is 6.95. The second-order valence-corrected chi connectivity index (χ2v) is 10.3. The predicted octanol–water partition coefficient (Wildman–Crippen LogP) is 4.21. The molecule has 30 heavy (non-hydrogen) atoms. The zero-order valence-electron chi connectivity index (χ0n) is 18.5. The highest BCUT2D eigenvalue weighted by Crippen LogP contribution is 2.27. The number of nitrogens with zero attached hydrogens (tertiary/aromatic N) is 1. The molecule has 0 radical (unpaired) electrons. The Kier molecular flexibility index (Phi) is 6.56. The number of hydrogen-bond donors (Lipinski definition) is 1. The summed E-state index contributed by atoms with van der Waals surface area (Å²) in [6.45, 7) is 7.63. The number of anilines is 1. The molecule has 0 spiro atoms. The molecule has 0 bridgehead atoms. The third-order valence-electron chi connectivity index (χ3n) is 5.77. The van der Waals surface area contributed by atoms with E-state index in [-0.39, 0.29) is 11.9 Å². The van der Waals surface area contributed by atoms with Crippen molar-refractivity contribution in [2.75, 3.05) is 10.6 Å². The number of hydrogen-bond acceptors (Lipinski definition) is 3. The summed E-state index contributed by atoms with van der Waals surface area (Å²) >= 11 is 0. The van der Waals surface area contributed by atoms with E-state index in [1.807, 2.05) is 45.9 Å². The van der Waals surface area contributed by atoms with Crippen molar-refractivity contribution in [3.63, 3.8) is 0 Å². The lowest BCUT2D eigenvalue weighted by molar-refractivity contribution is -0.122. The molecule has 0 unspecified atom stereocenters. The lowest BCUT2D eigenvalue weighted by Crippen LogP contribution is -2.49. The topological polar surface area (TPSA) is 66.5 Å². The molecule has 2 aromatic carbocycles. The zero-order chi connectivity index (χ0) is 22.1. The van der Waals surface area contributed by atoms with Crippen molar-refractivity contribution in [1.82, 2.24) is 5.32 Å². The number of aryl methyl sites for hydroxylation is 4. The van der Waals surface area contributed by atoms with E-state index >= 15 is 0 Å². The van der Waals surface area contributed by atoms with Crippen LogP contribution in [0.4, 0.5) is 5.69 Å². The lowest BCUT2D eigenvalue weighted by Gasteiger charge is -2.31. The Labute approximate surface area is 180 Å². The minimum Gasteiger partial charge on any atom is -0.348 e. The van der Waals surface area contributed by atoms with Gasteiger partial charge in [0.15, 0.2) is 0 Å². The van der Waals surface area contributed by atoms with Crippen molar-refractivity contribution in [1.29, 1.82) is 0 Å². The lowest BCUT2D eigenvalue weighted by atomic mass is 10.0. The minimum absolute atomic E-state index is 0.196. The molecule has 0 fully saturated rings. The third kappa shape index (κ3) is 4.86. The molecule has 6 heteroatoms. The van der Waals surface area contributed by atoms with Crippen LogP contribution in [0, 0.1) is 13.8 Å². The fraction of sp³-hybridized carbons (Fsp3) is 0.458. The highest BCUT2D eigenvalue weighted by Gasteiger charge is 2.32. The summed E-state index contributed by atoms with van der Waals surface area (Å²) in [5.74, 6) is -0.282. The van der Waals surface area contributed by atoms with Crippen LogP contribution in [-0.2, 0) is 27.7 Å². The van der Waals surface area contributed by atoms with Gasteiger partial charge in [0.25, 0.3) is 0 Å². The number of fused-ring (bicyclic) bond motifs is 1. The first kappa shape index (κ1) is 22.3. The summed E-state index contributed by atoms with van der Waals surface area (Å²) in [5.41, 5.74) is 6.25. The monoisotopic (exact) mass is 428 g/mol. The van der Waals surface area contributed by atoms with Gasteiger partial charge in [-0.1, -0.05) is 31.2 Å². The summed E-state index contributed by atoms with van der Waals surface area (Å²) in [4.78, 5) is 13.2. The SMILES string of the molecule is CC[C@@H](C(=O)N[C@H](C)c1ccc2c(c1)CCC2)N(c1cc(C)cc(C)c1)S(C)(=O)=O. The second kappa shape index (κ2) is 8.80. The molecule has 1 aliphatic rings. The van der Waals surface area contributed by atoms with Crippen molar-refractivity contribution < 1.29 is 13.2 Å². The molecule has 3 rings (SSSR count). The summed E-state index contributed by atoms with van der Waals surface area (Å²) in [7, 11) is -3.64. The molecule has 162 valence electrons. The quantitative estimate of drug-likeness (QED) is 0.718. The van der Waals surface area contributed by atoms with Crippen LogP contribution in [-0.4, -0.2) is 26.6 Å². The summed E-state index contributed by atoms with van der Waals surface area (Å²) in [6, 6.07) is 11.0. The number of carbonyl (C=O) groups is 1. The van der Waals surface area contributed by atoms with Gasteiger partial charge in [-0.25, -0.2) is 8.42 Å². The van der Waals surface area contributed by atoms with E-state index in [9.17, 15) is 13.2 Å². The molecule has 5 nitrogen and oxygen atoms in total. The van der Waals surface area contributed by atoms with Crippen LogP contribution in [0.15, 0.2) is 36.4 Å². The van der Waals surface area contributed by atoms with Crippen molar-refractivity contribution in [3.8, 4) is 0 Å². The summed E-state index contributed by atoms with van der Waals surface area (Å²) in [5, 5.41) is 3.04. The maximum absolute atomic E-state index is 13.2. The van der Waals surface area contributed by atoms with Crippen LogP contribution in [0.2, 0.25) is 0 Å². The van der Waals surface area contributed by atoms with Gasteiger partial charge in [0.05, 0.1) is 18.0 Å². The molecule has 0 saturated heterocycles. The fourth-order valence-electron chi connectivity index (χ4n) is 4.39. The standard InChI is InChI=1S/C24H32N2O3S/c1-6-23(26(30(5,28)29)22-13-16(2)12-17(3)14-22)24(27)25-18(4)20-11-10-19-8-7-9-21(19)15-20/h10-15,18,23H,6-9H2,1-5H3,(H,25,27)/t18-,23+/m1/s1. The average molecular weight is 429 g/mol. The van der Waals surface area contributed by atoms with Crippen molar-refractivity contribution in [2.24, 2.45) is 0 Å². The van der Waals surface area contributed by atoms with Crippen LogP contribution < -0.4 is 9.62 Å². The van der Waals surface area contributed by atoms with Gasteiger partial charge in [-0.05, 0) is 86.4 Å². The molecular weight excluding hydrogens is 396 g/mol. The van der Waals surface area contributed by atoms with Crippen LogP contribution in [0.5, 0.6) is 0 Å². The number of amides is 1. The van der Waals surface area contributed by atoms with E-state index in [2.05, 4.69) is 23.5 Å². The Morgan fingerprint density at radius 2 is 1.70 bits per heavy atom. The molecule has 0 saturated carbocycles. The molecule has 2 atom stereocenters. The van der Waals surface area contributed by atoms with Gasteiger partial charge in [-0.15, -0.1) is 0 Å². The van der Waals surface area contributed by atoms with Crippen LogP contribution in [0.25, 0.3) is 0 Å². The molecule has 0 heterocycles. The fourth-order valence-corrected chi connectivity index (χ4v) is 5.59. The number of carbonyl (C=O) groups excluding carboxylic acids is 1. The van der Waals surface area contributed by atoms with Gasteiger partial charge in [0, 0.05) is 0 Å². The van der Waals surface area contributed by atoms with Gasteiger partial charge in [-0.3, -0.25) is 9.10 Å². The summed E-state index contributed by atoms with van der Waals surface area (Å²) in [6.07, 6.45) is 4.91. The van der Waals surface area contributed by atoms with Gasteiger partial charge in [0.2, 0.25) is 15.9 Å². The minimum atomic E-state index is -3.64. The maximum Gasteiger partial charge on any atom is 0.244 e. The predicted molar refractivity (Wildman–Crippen MR) is 122 cm³/mol. The molecule has 0 aliphatic heterocycles. The number of nitrogens with one attached hydrogen (secondary N) is 1. The molecular formula is C24H32N2O3S. The molecule has 0 aromatic heterocycles. The smallest absolute Gasteiger partial charge is 0.244 e. The van der Waals surface area contributed by atoms with Crippen molar-refractivity contribution in [2.45, 2.75) is 65.5 Å². The second-order valence-electron chi connectivity index (χ2n) is 8.44.